The molecule has 0 aromatic rings. The Kier molecular flexibility index (Phi) is 2.78. The van der Waals surface area contributed by atoms with Crippen LogP contribution in [0.2, 0.25) is 0 Å². The molecule has 86 valence electrons. The number of hydrogen-bond donors (Lipinski definition) is 2. The molecule has 0 saturated carbocycles. The minimum atomic E-state index is -1.79. The zero-order chi connectivity index (χ0) is 11.9. The Morgan fingerprint density at radius 1 is 1.60 bits per heavy atom. The highest BCUT2D eigenvalue weighted by Crippen LogP contribution is 2.41. The van der Waals surface area contributed by atoms with Gasteiger partial charge in [-0.2, -0.15) is 0 Å². The summed E-state index contributed by atoms with van der Waals surface area (Å²) in [6.07, 6.45) is -0.160. The van der Waals surface area contributed by atoms with Crippen molar-refractivity contribution < 1.29 is 24.5 Å². The smallest absolute Gasteiger partial charge is 0.351 e. The van der Waals surface area contributed by atoms with Gasteiger partial charge in [-0.25, -0.2) is 4.79 Å². The van der Waals surface area contributed by atoms with Gasteiger partial charge in [0.05, 0.1) is 6.42 Å². The van der Waals surface area contributed by atoms with E-state index in [0.29, 0.717) is 0 Å². The first kappa shape index (κ1) is 12.0. The monoisotopic (exact) mass is 216 g/mol. The number of hydrogen-bond acceptors (Lipinski definition) is 4. The molecule has 0 aliphatic carbocycles. The van der Waals surface area contributed by atoms with Gasteiger partial charge in [0.15, 0.2) is 0 Å². The molecule has 0 radical (unpaired) electrons. The van der Waals surface area contributed by atoms with E-state index in [2.05, 4.69) is 0 Å². The van der Waals surface area contributed by atoms with Gasteiger partial charge in [-0.3, -0.25) is 4.79 Å². The molecule has 0 aromatic carbocycles. The van der Waals surface area contributed by atoms with Crippen LogP contribution in [0.15, 0.2) is 0 Å². The second-order valence-corrected chi connectivity index (χ2v) is 4.65. The Morgan fingerprint density at radius 3 is 2.40 bits per heavy atom. The average Bonchev–Trinajstić information content (AvgIpc) is 2.20. The average molecular weight is 216 g/mol. The summed E-state index contributed by atoms with van der Waals surface area (Å²) in [7, 11) is 0. The molecule has 1 saturated heterocycles. The molecule has 0 spiro atoms. The molecule has 1 heterocycles. The summed E-state index contributed by atoms with van der Waals surface area (Å²) in [5, 5.41) is 19.1. The summed E-state index contributed by atoms with van der Waals surface area (Å²) in [6, 6.07) is 0. The number of rotatable bonds is 3. The number of cyclic esters (lactones) is 1. The molecule has 2 N–H and O–H groups in total. The summed E-state index contributed by atoms with van der Waals surface area (Å²) in [4.78, 5) is 22.3. The van der Waals surface area contributed by atoms with Crippen LogP contribution in [0.1, 0.15) is 33.6 Å². The predicted octanol–water partition coefficient (Wildman–Crippen LogP) is 0.554. The second-order valence-electron chi connectivity index (χ2n) is 4.65. The fraction of sp³-hybridized carbons (Fsp3) is 0.800. The van der Waals surface area contributed by atoms with Crippen LogP contribution in [0, 0.1) is 5.92 Å². The number of carbonyl (C=O) groups excluding carboxylic acids is 1. The first-order valence-electron chi connectivity index (χ1n) is 4.89. The largest absolute Gasteiger partial charge is 0.478 e. The summed E-state index contributed by atoms with van der Waals surface area (Å²) >= 11 is 0. The van der Waals surface area contributed by atoms with E-state index in [4.69, 9.17) is 9.84 Å². The van der Waals surface area contributed by atoms with Gasteiger partial charge < -0.3 is 14.9 Å². The molecule has 1 rings (SSSR count). The number of carboxylic acids is 1. The first-order chi connectivity index (χ1) is 6.71. The SMILES string of the molecule is CC(C)CC1(C(=O)O)OC(=O)CC1(C)O. The van der Waals surface area contributed by atoms with Crippen LogP contribution < -0.4 is 0 Å². The van der Waals surface area contributed by atoms with Crippen molar-refractivity contribution in [2.75, 3.05) is 0 Å². The summed E-state index contributed by atoms with van der Waals surface area (Å²) in [6.45, 7) is 4.95. The maximum Gasteiger partial charge on any atom is 0.351 e. The molecule has 0 amide bonds. The molecule has 1 fully saturated rings. The Bertz CT molecular complexity index is 294. The normalized spacial score (nSPS) is 35.7. The molecule has 5 heteroatoms. The predicted molar refractivity (Wildman–Crippen MR) is 51.2 cm³/mol. The van der Waals surface area contributed by atoms with Crippen LogP contribution >= 0.6 is 0 Å². The summed E-state index contributed by atoms with van der Waals surface area (Å²) in [5.41, 5.74) is -3.43. The van der Waals surface area contributed by atoms with E-state index in [1.54, 1.807) is 0 Å². The lowest BCUT2D eigenvalue weighted by Crippen LogP contribution is -2.55. The number of carbonyl (C=O) groups is 2. The Labute approximate surface area is 88.0 Å². The molecule has 1 aliphatic heterocycles. The molecule has 1 aliphatic rings. The van der Waals surface area contributed by atoms with Gasteiger partial charge in [0.1, 0.15) is 5.60 Å². The highest BCUT2D eigenvalue weighted by Gasteiger charge is 2.62. The van der Waals surface area contributed by atoms with Crippen LogP contribution in [0.25, 0.3) is 0 Å². The van der Waals surface area contributed by atoms with Crippen LogP contribution in [-0.2, 0) is 14.3 Å². The van der Waals surface area contributed by atoms with Crippen molar-refractivity contribution in [3.63, 3.8) is 0 Å². The second kappa shape index (κ2) is 3.48. The Hall–Kier alpha value is -1.10. The van der Waals surface area contributed by atoms with E-state index in [1.165, 1.54) is 6.92 Å². The number of esters is 1. The minimum absolute atomic E-state index is 0.0125. The van der Waals surface area contributed by atoms with E-state index in [-0.39, 0.29) is 18.8 Å². The first-order valence-corrected chi connectivity index (χ1v) is 4.89. The van der Waals surface area contributed by atoms with Crippen LogP contribution in [0.5, 0.6) is 0 Å². The molecule has 15 heavy (non-hydrogen) atoms. The molecule has 0 bridgehead atoms. The maximum atomic E-state index is 11.2. The molecular weight excluding hydrogens is 200 g/mol. The molecule has 0 aromatic heterocycles. The van der Waals surface area contributed by atoms with Gasteiger partial charge >= 0.3 is 11.9 Å². The zero-order valence-corrected chi connectivity index (χ0v) is 9.11. The van der Waals surface area contributed by atoms with Crippen LogP contribution in [0.4, 0.5) is 0 Å². The van der Waals surface area contributed by atoms with E-state index in [0.717, 1.165) is 0 Å². The molecule has 2 atom stereocenters. The number of aliphatic hydroxyl groups is 1. The highest BCUT2D eigenvalue weighted by molar-refractivity contribution is 5.88. The zero-order valence-electron chi connectivity index (χ0n) is 9.11. The van der Waals surface area contributed by atoms with Crippen LogP contribution in [-0.4, -0.2) is 33.4 Å². The van der Waals surface area contributed by atoms with Crippen molar-refractivity contribution in [2.45, 2.75) is 44.8 Å². The van der Waals surface area contributed by atoms with E-state index < -0.39 is 23.1 Å². The van der Waals surface area contributed by atoms with Crippen molar-refractivity contribution in [2.24, 2.45) is 5.92 Å². The number of ether oxygens (including phenoxy) is 1. The van der Waals surface area contributed by atoms with Gasteiger partial charge in [0.2, 0.25) is 5.60 Å². The van der Waals surface area contributed by atoms with E-state index >= 15 is 0 Å². The van der Waals surface area contributed by atoms with Crippen molar-refractivity contribution in [1.82, 2.24) is 0 Å². The lowest BCUT2D eigenvalue weighted by Gasteiger charge is -2.34. The summed E-state index contributed by atoms with van der Waals surface area (Å²) in [5.74, 6) is -1.94. The highest BCUT2D eigenvalue weighted by atomic mass is 16.6. The fourth-order valence-corrected chi connectivity index (χ4v) is 1.96. The third kappa shape index (κ3) is 1.84. The van der Waals surface area contributed by atoms with Crippen molar-refractivity contribution in [1.29, 1.82) is 0 Å². The van der Waals surface area contributed by atoms with E-state index in [9.17, 15) is 14.7 Å². The fourth-order valence-electron chi connectivity index (χ4n) is 1.96. The molecule has 5 nitrogen and oxygen atoms in total. The quantitative estimate of drug-likeness (QED) is 0.673. The Balaban J connectivity index is 3.10. The minimum Gasteiger partial charge on any atom is -0.478 e. The van der Waals surface area contributed by atoms with Gasteiger partial charge in [-0.05, 0) is 12.8 Å². The van der Waals surface area contributed by atoms with Crippen molar-refractivity contribution in [3.05, 3.63) is 0 Å². The summed E-state index contributed by atoms with van der Waals surface area (Å²) < 4.78 is 4.85. The third-order valence-electron chi connectivity index (χ3n) is 2.69. The number of carboxylic acid groups (broad SMARTS) is 1. The lowest BCUT2D eigenvalue weighted by molar-refractivity contribution is -0.187. The third-order valence-corrected chi connectivity index (χ3v) is 2.69. The number of aliphatic carboxylic acids is 1. The van der Waals surface area contributed by atoms with Crippen LogP contribution in [0.3, 0.4) is 0 Å². The van der Waals surface area contributed by atoms with Gasteiger partial charge in [-0.1, -0.05) is 13.8 Å². The molecular formula is C10H16O5. The standard InChI is InChI=1S/C10H16O5/c1-6(2)4-10(8(12)13)9(3,14)5-7(11)15-10/h6,14H,4-5H2,1-3H3,(H,12,13). The lowest BCUT2D eigenvalue weighted by atomic mass is 9.78. The Morgan fingerprint density at radius 2 is 2.13 bits per heavy atom. The maximum absolute atomic E-state index is 11.2. The van der Waals surface area contributed by atoms with Gasteiger partial charge in [0, 0.05) is 6.42 Å². The van der Waals surface area contributed by atoms with Crippen molar-refractivity contribution >= 4 is 11.9 Å². The van der Waals surface area contributed by atoms with Gasteiger partial charge in [0.25, 0.3) is 0 Å². The van der Waals surface area contributed by atoms with E-state index in [1.807, 2.05) is 13.8 Å². The van der Waals surface area contributed by atoms with Crippen molar-refractivity contribution in [3.8, 4) is 0 Å². The van der Waals surface area contributed by atoms with Gasteiger partial charge in [-0.15, -0.1) is 0 Å². The molecule has 2 unspecified atom stereocenters. The topological polar surface area (TPSA) is 83.8 Å².